The van der Waals surface area contributed by atoms with Crippen LogP contribution in [0.4, 0.5) is 15.9 Å². The molecule has 0 amide bonds. The number of halogens is 1. The lowest BCUT2D eigenvalue weighted by atomic mass is 10.1. The van der Waals surface area contributed by atoms with Gasteiger partial charge in [0.25, 0.3) is 5.56 Å². The maximum atomic E-state index is 14.3. The molecular formula is C20H16FN5O. The number of hydrogen-bond acceptors (Lipinski definition) is 5. The topological polar surface area (TPSA) is 99.8 Å². The van der Waals surface area contributed by atoms with Crippen LogP contribution < -0.4 is 17.0 Å². The monoisotopic (exact) mass is 361 g/mol. The standard InChI is InChI=1S/C20H16FN5O/c21-16-6-5-12(9-15(16)18-8-7-17(22)19(23)25-18)11-26-20(27)14-4-2-1-3-13(14)10-24-26/h1-10H,11,22H2,(H2,23,25). The molecule has 0 bridgehead atoms. The second-order valence-electron chi connectivity index (χ2n) is 6.18. The van der Waals surface area contributed by atoms with E-state index in [2.05, 4.69) is 10.1 Å². The Morgan fingerprint density at radius 3 is 2.67 bits per heavy atom. The van der Waals surface area contributed by atoms with Gasteiger partial charge in [-0.05, 0) is 35.9 Å². The lowest BCUT2D eigenvalue weighted by Crippen LogP contribution is -2.23. The largest absolute Gasteiger partial charge is 0.396 e. The number of hydrogen-bond donors (Lipinski definition) is 2. The summed E-state index contributed by atoms with van der Waals surface area (Å²) in [6.07, 6.45) is 1.64. The van der Waals surface area contributed by atoms with Gasteiger partial charge in [0.05, 0.1) is 29.5 Å². The Bertz CT molecular complexity index is 1220. The molecule has 0 aliphatic carbocycles. The van der Waals surface area contributed by atoms with Crippen LogP contribution in [0.25, 0.3) is 22.0 Å². The maximum Gasteiger partial charge on any atom is 0.274 e. The highest BCUT2D eigenvalue weighted by molar-refractivity contribution is 5.80. The molecule has 2 aromatic heterocycles. The summed E-state index contributed by atoms with van der Waals surface area (Å²) in [6.45, 7) is 0.210. The second kappa shape index (κ2) is 6.53. The van der Waals surface area contributed by atoms with Crippen LogP contribution in [-0.4, -0.2) is 14.8 Å². The Balaban J connectivity index is 1.74. The molecule has 0 aliphatic heterocycles. The van der Waals surface area contributed by atoms with Gasteiger partial charge in [-0.2, -0.15) is 5.10 Å². The van der Waals surface area contributed by atoms with Gasteiger partial charge in [-0.25, -0.2) is 14.1 Å². The molecule has 0 spiro atoms. The molecule has 0 saturated heterocycles. The van der Waals surface area contributed by atoms with Crippen molar-refractivity contribution < 1.29 is 4.39 Å². The normalized spacial score (nSPS) is 11.0. The fraction of sp³-hybridized carbons (Fsp3) is 0.0500. The van der Waals surface area contributed by atoms with Gasteiger partial charge < -0.3 is 11.5 Å². The van der Waals surface area contributed by atoms with Crippen molar-refractivity contribution in [2.24, 2.45) is 0 Å². The van der Waals surface area contributed by atoms with E-state index in [1.54, 1.807) is 42.6 Å². The molecule has 0 unspecified atom stereocenters. The van der Waals surface area contributed by atoms with Crippen LogP contribution in [0.1, 0.15) is 5.56 Å². The van der Waals surface area contributed by atoms with Gasteiger partial charge in [0.2, 0.25) is 0 Å². The predicted octanol–water partition coefficient (Wildman–Crippen LogP) is 2.81. The molecule has 4 rings (SSSR count). The van der Waals surface area contributed by atoms with E-state index in [0.29, 0.717) is 22.3 Å². The second-order valence-corrected chi connectivity index (χ2v) is 6.18. The maximum absolute atomic E-state index is 14.3. The van der Waals surface area contributed by atoms with E-state index < -0.39 is 5.82 Å². The fourth-order valence-electron chi connectivity index (χ4n) is 2.92. The molecule has 0 saturated carbocycles. The molecule has 2 aromatic carbocycles. The van der Waals surface area contributed by atoms with Gasteiger partial charge in [0, 0.05) is 10.9 Å². The minimum atomic E-state index is -0.436. The Morgan fingerprint density at radius 2 is 1.85 bits per heavy atom. The zero-order chi connectivity index (χ0) is 19.0. The van der Waals surface area contributed by atoms with Crippen molar-refractivity contribution in [1.82, 2.24) is 14.8 Å². The van der Waals surface area contributed by atoms with Gasteiger partial charge in [0.15, 0.2) is 0 Å². The highest BCUT2D eigenvalue weighted by Gasteiger charge is 2.11. The van der Waals surface area contributed by atoms with E-state index >= 15 is 0 Å². The number of nitrogens with two attached hydrogens (primary N) is 2. The number of anilines is 2. The first-order chi connectivity index (χ1) is 13.0. The molecule has 0 radical (unpaired) electrons. The zero-order valence-corrected chi connectivity index (χ0v) is 14.3. The fourth-order valence-corrected chi connectivity index (χ4v) is 2.92. The van der Waals surface area contributed by atoms with E-state index in [1.165, 1.54) is 10.7 Å². The summed E-state index contributed by atoms with van der Waals surface area (Å²) in [6, 6.07) is 15.0. The molecule has 7 heteroatoms. The number of aromatic nitrogens is 3. The molecule has 4 aromatic rings. The number of nitrogens with zero attached hydrogens (tertiary/aromatic N) is 3. The Kier molecular flexibility index (Phi) is 4.04. The van der Waals surface area contributed by atoms with Gasteiger partial charge in [-0.3, -0.25) is 4.79 Å². The Morgan fingerprint density at radius 1 is 1.04 bits per heavy atom. The molecule has 0 atom stereocenters. The third-order valence-electron chi connectivity index (χ3n) is 4.36. The Hall–Kier alpha value is -3.74. The number of rotatable bonds is 3. The van der Waals surface area contributed by atoms with Crippen LogP contribution in [0.3, 0.4) is 0 Å². The first-order valence-electron chi connectivity index (χ1n) is 8.28. The smallest absolute Gasteiger partial charge is 0.274 e. The predicted molar refractivity (Wildman–Crippen MR) is 104 cm³/mol. The van der Waals surface area contributed by atoms with Gasteiger partial charge in [0.1, 0.15) is 11.6 Å². The molecule has 4 N–H and O–H groups in total. The minimum absolute atomic E-state index is 0.143. The number of fused-ring (bicyclic) bond motifs is 1. The van der Waals surface area contributed by atoms with Crippen LogP contribution in [0.5, 0.6) is 0 Å². The van der Waals surface area contributed by atoms with Crippen molar-refractivity contribution in [3.8, 4) is 11.3 Å². The van der Waals surface area contributed by atoms with E-state index in [9.17, 15) is 9.18 Å². The van der Waals surface area contributed by atoms with Crippen LogP contribution in [-0.2, 0) is 6.54 Å². The number of nitrogen functional groups attached to an aromatic ring is 2. The molecule has 6 nitrogen and oxygen atoms in total. The van der Waals surface area contributed by atoms with E-state index in [0.717, 1.165) is 5.39 Å². The zero-order valence-electron chi connectivity index (χ0n) is 14.3. The average molecular weight is 361 g/mol. The third-order valence-corrected chi connectivity index (χ3v) is 4.36. The molecular weight excluding hydrogens is 345 g/mol. The van der Waals surface area contributed by atoms with Crippen molar-refractivity contribution in [3.05, 3.63) is 82.5 Å². The summed E-state index contributed by atoms with van der Waals surface area (Å²) in [5.74, 6) is -0.293. The van der Waals surface area contributed by atoms with Crippen molar-refractivity contribution in [1.29, 1.82) is 0 Å². The van der Waals surface area contributed by atoms with Crippen LogP contribution in [0.2, 0.25) is 0 Å². The van der Waals surface area contributed by atoms with Crippen LogP contribution >= 0.6 is 0 Å². The quantitative estimate of drug-likeness (QED) is 0.584. The van der Waals surface area contributed by atoms with Gasteiger partial charge in [-0.1, -0.05) is 24.3 Å². The van der Waals surface area contributed by atoms with E-state index in [4.69, 9.17) is 11.5 Å². The Labute approximate surface area is 153 Å². The first-order valence-corrected chi connectivity index (χ1v) is 8.28. The lowest BCUT2D eigenvalue weighted by Gasteiger charge is -2.10. The number of benzene rings is 2. The average Bonchev–Trinajstić information content (AvgIpc) is 2.68. The van der Waals surface area contributed by atoms with Gasteiger partial charge >= 0.3 is 0 Å². The van der Waals surface area contributed by atoms with Crippen molar-refractivity contribution in [2.45, 2.75) is 6.54 Å². The third kappa shape index (κ3) is 3.10. The summed E-state index contributed by atoms with van der Waals surface area (Å²) in [5, 5.41) is 5.57. The summed E-state index contributed by atoms with van der Waals surface area (Å²) in [4.78, 5) is 16.8. The highest BCUT2D eigenvalue weighted by Crippen LogP contribution is 2.25. The minimum Gasteiger partial charge on any atom is -0.396 e. The highest BCUT2D eigenvalue weighted by atomic mass is 19.1. The molecule has 134 valence electrons. The van der Waals surface area contributed by atoms with Crippen LogP contribution in [0, 0.1) is 5.82 Å². The summed E-state index contributed by atoms with van der Waals surface area (Å²) >= 11 is 0. The SMILES string of the molecule is Nc1ccc(-c2cc(Cn3ncc4ccccc4c3=O)ccc2F)nc1N. The van der Waals surface area contributed by atoms with Crippen LogP contribution in [0.15, 0.2) is 65.6 Å². The summed E-state index contributed by atoms with van der Waals surface area (Å²) < 4.78 is 15.7. The van der Waals surface area contributed by atoms with Crippen molar-refractivity contribution >= 4 is 22.3 Å². The lowest BCUT2D eigenvalue weighted by molar-refractivity contribution is 0.623. The molecule has 27 heavy (non-hydrogen) atoms. The summed E-state index contributed by atoms with van der Waals surface area (Å²) in [7, 11) is 0. The van der Waals surface area contributed by atoms with Gasteiger partial charge in [-0.15, -0.1) is 0 Å². The van der Waals surface area contributed by atoms with E-state index in [-0.39, 0.29) is 23.5 Å². The molecule has 0 aliphatic rings. The number of pyridine rings is 1. The van der Waals surface area contributed by atoms with Crippen molar-refractivity contribution in [2.75, 3.05) is 11.5 Å². The molecule has 2 heterocycles. The summed E-state index contributed by atoms with van der Waals surface area (Å²) in [5.41, 5.74) is 12.9. The van der Waals surface area contributed by atoms with E-state index in [1.807, 2.05) is 12.1 Å². The molecule has 0 fully saturated rings. The van der Waals surface area contributed by atoms with Crippen molar-refractivity contribution in [3.63, 3.8) is 0 Å². The first kappa shape index (κ1) is 16.7.